The Kier molecular flexibility index (Phi) is 7.89. The maximum Gasteiger partial charge on any atom is 0.258 e. The molecule has 0 aliphatic heterocycles. The number of hydrogen-bond acceptors (Lipinski definition) is 5. The minimum absolute atomic E-state index is 0.0688. The van der Waals surface area contributed by atoms with E-state index in [4.69, 9.17) is 4.74 Å². The Morgan fingerprint density at radius 2 is 1.80 bits per heavy atom. The van der Waals surface area contributed by atoms with E-state index in [2.05, 4.69) is 34.9 Å². The first-order chi connectivity index (χ1) is 16.7. The molecule has 8 heteroatoms. The molecule has 1 aromatic heterocycles. The molecule has 1 aromatic rings. The first-order valence-corrected chi connectivity index (χ1v) is 13.3. The van der Waals surface area contributed by atoms with Crippen molar-refractivity contribution in [3.63, 3.8) is 0 Å². The molecule has 0 spiro atoms. The molecule has 8 nitrogen and oxygen atoms in total. The number of ether oxygens (including phenoxy) is 1. The zero-order valence-electron chi connectivity index (χ0n) is 22.0. The molecule has 4 saturated carbocycles. The lowest BCUT2D eigenvalue weighted by Gasteiger charge is -2.54. The molecule has 4 aliphatic carbocycles. The Hall–Kier alpha value is -2.35. The number of rotatable bonds is 11. The highest BCUT2D eigenvalue weighted by Gasteiger charge is 2.48. The van der Waals surface area contributed by atoms with Crippen LogP contribution in [0.3, 0.4) is 0 Å². The molecule has 0 unspecified atom stereocenters. The zero-order valence-corrected chi connectivity index (χ0v) is 22.0. The van der Waals surface area contributed by atoms with E-state index in [1.165, 1.54) is 32.1 Å². The van der Waals surface area contributed by atoms with Crippen LogP contribution in [-0.4, -0.2) is 54.4 Å². The van der Waals surface area contributed by atoms with Crippen LogP contribution in [0.1, 0.15) is 70.2 Å². The first kappa shape index (κ1) is 25.7. The summed E-state index contributed by atoms with van der Waals surface area (Å²) in [5, 5.41) is 13.8. The molecule has 0 radical (unpaired) electrons. The van der Waals surface area contributed by atoms with E-state index in [9.17, 15) is 9.59 Å². The van der Waals surface area contributed by atoms with E-state index in [-0.39, 0.29) is 17.9 Å². The number of carbonyl (C=O) groups is 2. The van der Waals surface area contributed by atoms with Crippen molar-refractivity contribution in [1.29, 1.82) is 0 Å². The summed E-state index contributed by atoms with van der Waals surface area (Å²) in [4.78, 5) is 26.0. The number of carbonyl (C=O) groups excluding carboxylic acids is 2. The molecular formula is C27H43N5O3. The molecule has 3 N–H and O–H groups in total. The number of amides is 2. The van der Waals surface area contributed by atoms with E-state index in [1.807, 2.05) is 20.9 Å². The highest BCUT2D eigenvalue weighted by Crippen LogP contribution is 2.53. The summed E-state index contributed by atoms with van der Waals surface area (Å²) in [7, 11) is 1.85. The molecule has 0 aromatic carbocycles. The third kappa shape index (κ3) is 5.90. The molecule has 4 bridgehead atoms. The summed E-state index contributed by atoms with van der Waals surface area (Å²) >= 11 is 0. The predicted molar refractivity (Wildman–Crippen MR) is 137 cm³/mol. The molecule has 0 atom stereocenters. The van der Waals surface area contributed by atoms with Gasteiger partial charge in [0.05, 0.1) is 18.2 Å². The summed E-state index contributed by atoms with van der Waals surface area (Å²) in [6.07, 6.45) is 11.5. The molecule has 4 aliphatic rings. The van der Waals surface area contributed by atoms with Gasteiger partial charge in [0.1, 0.15) is 5.56 Å². The highest BCUT2D eigenvalue weighted by molar-refractivity contribution is 5.96. The lowest BCUT2D eigenvalue weighted by molar-refractivity contribution is -0.127. The second-order valence-electron chi connectivity index (χ2n) is 11.8. The number of aromatic nitrogens is 2. The van der Waals surface area contributed by atoms with Crippen LogP contribution in [0.15, 0.2) is 12.3 Å². The number of hydrogen-bond donors (Lipinski definition) is 3. The minimum atomic E-state index is -0.738. The van der Waals surface area contributed by atoms with Crippen molar-refractivity contribution in [1.82, 2.24) is 25.7 Å². The van der Waals surface area contributed by atoms with Gasteiger partial charge >= 0.3 is 0 Å². The van der Waals surface area contributed by atoms with Crippen LogP contribution < -0.4 is 20.7 Å². The van der Waals surface area contributed by atoms with Crippen LogP contribution in [0.2, 0.25) is 0 Å². The molecule has 2 amide bonds. The van der Waals surface area contributed by atoms with Crippen molar-refractivity contribution in [3.8, 4) is 5.88 Å². The van der Waals surface area contributed by atoms with Crippen LogP contribution in [0, 0.1) is 35.0 Å². The van der Waals surface area contributed by atoms with E-state index < -0.39 is 5.41 Å². The third-order valence-electron chi connectivity index (χ3n) is 7.95. The van der Waals surface area contributed by atoms with Gasteiger partial charge in [-0.3, -0.25) is 9.59 Å². The SMILES string of the molecule is CNCCNC(=O)C(C)(C)/C=C/n1ncc(C(=O)NC2C3CC4CC(C3)CC2C4)c1OCC(C)C. The minimum Gasteiger partial charge on any atom is -0.477 e. The van der Waals surface area contributed by atoms with Crippen molar-refractivity contribution in [2.75, 3.05) is 26.7 Å². The number of nitrogens with one attached hydrogen (secondary N) is 3. The largest absolute Gasteiger partial charge is 0.477 e. The van der Waals surface area contributed by atoms with Gasteiger partial charge in [-0.1, -0.05) is 19.9 Å². The Labute approximate surface area is 209 Å². The maximum atomic E-state index is 13.4. The Morgan fingerprint density at radius 3 is 2.40 bits per heavy atom. The topological polar surface area (TPSA) is 97.3 Å². The van der Waals surface area contributed by atoms with Gasteiger partial charge in [0.25, 0.3) is 5.91 Å². The highest BCUT2D eigenvalue weighted by atomic mass is 16.5. The van der Waals surface area contributed by atoms with E-state index in [0.717, 1.165) is 11.8 Å². The van der Waals surface area contributed by atoms with Crippen LogP contribution in [0.4, 0.5) is 0 Å². The van der Waals surface area contributed by atoms with Crippen LogP contribution in [0.25, 0.3) is 6.20 Å². The second kappa shape index (κ2) is 10.7. The molecule has 4 fully saturated rings. The fourth-order valence-electron chi connectivity index (χ4n) is 6.25. The van der Waals surface area contributed by atoms with Crippen molar-refractivity contribution < 1.29 is 14.3 Å². The number of likely N-dealkylation sites (N-methyl/N-ethyl adjacent to an activating group) is 1. The van der Waals surface area contributed by atoms with E-state index >= 15 is 0 Å². The van der Waals surface area contributed by atoms with Gasteiger partial charge in [-0.15, -0.1) is 0 Å². The second-order valence-corrected chi connectivity index (χ2v) is 11.8. The maximum absolute atomic E-state index is 13.4. The van der Waals surface area contributed by atoms with Crippen molar-refractivity contribution in [3.05, 3.63) is 17.8 Å². The van der Waals surface area contributed by atoms with Crippen molar-refractivity contribution >= 4 is 18.0 Å². The smallest absolute Gasteiger partial charge is 0.258 e. The van der Waals surface area contributed by atoms with Gasteiger partial charge in [0.15, 0.2) is 0 Å². The number of nitrogens with zero attached hydrogens (tertiary/aromatic N) is 2. The summed E-state index contributed by atoms with van der Waals surface area (Å²) in [6, 6.07) is 0.257. The van der Waals surface area contributed by atoms with Crippen LogP contribution in [0.5, 0.6) is 5.88 Å². The van der Waals surface area contributed by atoms with E-state index in [0.29, 0.717) is 48.9 Å². The predicted octanol–water partition coefficient (Wildman–Crippen LogP) is 3.30. The molecule has 0 saturated heterocycles. The molecule has 5 rings (SSSR count). The van der Waals surface area contributed by atoms with Gasteiger partial charge in [-0.05, 0) is 82.6 Å². The summed E-state index contributed by atoms with van der Waals surface area (Å²) in [6.45, 7) is 9.61. The Bertz CT molecular complexity index is 907. The molecular weight excluding hydrogens is 442 g/mol. The van der Waals surface area contributed by atoms with Crippen molar-refractivity contribution in [2.24, 2.45) is 35.0 Å². The Morgan fingerprint density at radius 1 is 1.14 bits per heavy atom. The fourth-order valence-corrected chi connectivity index (χ4v) is 6.25. The standard InChI is InChI=1S/C27H43N5O3/c1-17(2)16-35-25-22(15-30-32(25)9-6-27(3,4)26(34)29-8-7-28-5)24(33)31-23-20-11-18-10-19(13-20)14-21(23)12-18/h6,9,15,17-21,23,28H,7-8,10-14,16H2,1-5H3,(H,29,34)(H,31,33)/b9-6+. The summed E-state index contributed by atoms with van der Waals surface area (Å²) < 4.78 is 7.66. The van der Waals surface area contributed by atoms with Gasteiger partial charge in [-0.25, -0.2) is 4.68 Å². The van der Waals surface area contributed by atoms with Crippen molar-refractivity contribution in [2.45, 2.75) is 65.8 Å². The lowest BCUT2D eigenvalue weighted by Crippen LogP contribution is -2.55. The summed E-state index contributed by atoms with van der Waals surface area (Å²) in [5.41, 5.74) is -0.280. The lowest BCUT2D eigenvalue weighted by atomic mass is 9.54. The van der Waals surface area contributed by atoms with Gasteiger partial charge in [0, 0.05) is 25.3 Å². The third-order valence-corrected chi connectivity index (χ3v) is 7.95. The van der Waals surface area contributed by atoms with Gasteiger partial charge in [-0.2, -0.15) is 5.10 Å². The monoisotopic (exact) mass is 485 g/mol. The average molecular weight is 486 g/mol. The summed E-state index contributed by atoms with van der Waals surface area (Å²) in [5.74, 6) is 3.50. The average Bonchev–Trinajstić information content (AvgIpc) is 3.21. The normalized spacial score (nSPS) is 27.5. The zero-order chi connectivity index (χ0) is 25.2. The van der Waals surface area contributed by atoms with E-state index in [1.54, 1.807) is 23.2 Å². The van der Waals surface area contributed by atoms with Crippen LogP contribution in [-0.2, 0) is 4.79 Å². The first-order valence-electron chi connectivity index (χ1n) is 13.3. The van der Waals surface area contributed by atoms with Crippen LogP contribution >= 0.6 is 0 Å². The molecule has 35 heavy (non-hydrogen) atoms. The fraction of sp³-hybridized carbons (Fsp3) is 0.741. The molecule has 194 valence electrons. The molecule has 1 heterocycles. The van der Waals surface area contributed by atoms with Gasteiger partial charge < -0.3 is 20.7 Å². The quantitative estimate of drug-likeness (QED) is 0.418. The Balaban J connectivity index is 1.49. The van der Waals surface area contributed by atoms with Gasteiger partial charge in [0.2, 0.25) is 11.8 Å².